The number of halogens is 1. The first-order valence-electron chi connectivity index (χ1n) is 5.63. The number of nitrogens with zero attached hydrogens (tertiary/aromatic N) is 1. The Labute approximate surface area is 101 Å². The molecule has 0 aromatic rings. The Bertz CT molecular complexity index is 199. The lowest BCUT2D eigenvalue weighted by Gasteiger charge is -2.40. The van der Waals surface area contributed by atoms with E-state index in [9.17, 15) is 0 Å². The average Bonchev–Trinajstić information content (AvgIpc) is 2.48. The fraction of sp³-hybridized carbons (Fsp3) is 1.00. The molecule has 82 valence electrons. The highest BCUT2D eigenvalue weighted by atomic mass is 127. The van der Waals surface area contributed by atoms with Gasteiger partial charge in [0.25, 0.3) is 0 Å². The second kappa shape index (κ2) is 4.26. The van der Waals surface area contributed by atoms with Gasteiger partial charge in [-0.3, -0.25) is 0 Å². The van der Waals surface area contributed by atoms with Gasteiger partial charge in [-0.2, -0.15) is 0 Å². The molecule has 0 amide bonds. The molecule has 0 radical (unpaired) electrons. The van der Waals surface area contributed by atoms with Gasteiger partial charge in [0.15, 0.2) is 0 Å². The first-order chi connectivity index (χ1) is 6.61. The summed E-state index contributed by atoms with van der Waals surface area (Å²) < 4.78 is 6.74. The van der Waals surface area contributed by atoms with E-state index in [0.717, 1.165) is 10.5 Å². The maximum absolute atomic E-state index is 5.99. The highest BCUT2D eigenvalue weighted by Gasteiger charge is 2.41. The largest absolute Gasteiger partial charge is 0.374 e. The van der Waals surface area contributed by atoms with Crippen LogP contribution in [0.4, 0.5) is 0 Å². The van der Waals surface area contributed by atoms with Crippen molar-refractivity contribution in [2.75, 3.05) is 19.7 Å². The lowest BCUT2D eigenvalue weighted by molar-refractivity contribution is -0.0482. The average molecular weight is 309 g/mol. The van der Waals surface area contributed by atoms with E-state index in [1.807, 2.05) is 0 Å². The quantitative estimate of drug-likeness (QED) is 0.545. The summed E-state index contributed by atoms with van der Waals surface area (Å²) in [5.41, 5.74) is 0.261. The lowest BCUT2D eigenvalue weighted by atomic mass is 9.88. The molecule has 2 aliphatic rings. The molecule has 0 unspecified atom stereocenters. The molecule has 2 heterocycles. The van der Waals surface area contributed by atoms with E-state index >= 15 is 0 Å². The summed E-state index contributed by atoms with van der Waals surface area (Å²) in [4.78, 5) is 2.56. The number of ether oxygens (including phenoxy) is 1. The first kappa shape index (κ1) is 11.1. The van der Waals surface area contributed by atoms with E-state index < -0.39 is 0 Å². The second-order valence-electron chi connectivity index (χ2n) is 4.93. The zero-order valence-electron chi connectivity index (χ0n) is 9.13. The van der Waals surface area contributed by atoms with Gasteiger partial charge in [0, 0.05) is 23.1 Å². The minimum Gasteiger partial charge on any atom is -0.374 e. The van der Waals surface area contributed by atoms with E-state index in [4.69, 9.17) is 4.74 Å². The minimum atomic E-state index is 0.261. The standard InChI is InChI=1S/C11H20INO/c1-9(2)13-5-3-11(4-6-13)7-10(12)8-14-11/h9-10H,3-8H2,1-2H3/t10-/m1/s1. The monoisotopic (exact) mass is 309 g/mol. The normalized spacial score (nSPS) is 33.0. The molecule has 14 heavy (non-hydrogen) atoms. The van der Waals surface area contributed by atoms with Crippen LogP contribution in [-0.2, 0) is 4.74 Å². The number of hydrogen-bond acceptors (Lipinski definition) is 2. The highest BCUT2D eigenvalue weighted by molar-refractivity contribution is 14.1. The number of hydrogen-bond donors (Lipinski definition) is 0. The zero-order valence-corrected chi connectivity index (χ0v) is 11.3. The molecule has 0 aliphatic carbocycles. The van der Waals surface area contributed by atoms with Gasteiger partial charge >= 0.3 is 0 Å². The third-order valence-corrected chi connectivity index (χ3v) is 4.40. The third-order valence-electron chi connectivity index (χ3n) is 3.60. The van der Waals surface area contributed by atoms with Crippen LogP contribution in [0.2, 0.25) is 0 Å². The molecule has 2 fully saturated rings. The van der Waals surface area contributed by atoms with Crippen molar-refractivity contribution in [2.45, 2.75) is 48.7 Å². The predicted octanol–water partition coefficient (Wildman–Crippen LogP) is 2.45. The van der Waals surface area contributed by atoms with Crippen molar-refractivity contribution in [3.63, 3.8) is 0 Å². The SMILES string of the molecule is CC(C)N1CCC2(CC1)C[C@@H](I)CO2. The highest BCUT2D eigenvalue weighted by Crippen LogP contribution is 2.38. The molecule has 2 rings (SSSR count). The number of alkyl halides is 1. The Kier molecular flexibility index (Phi) is 3.39. The Hall–Kier alpha value is 0.650. The molecule has 0 saturated carbocycles. The maximum Gasteiger partial charge on any atom is 0.0718 e. The van der Waals surface area contributed by atoms with Gasteiger partial charge in [-0.15, -0.1) is 0 Å². The molecule has 0 aromatic carbocycles. The summed E-state index contributed by atoms with van der Waals surface area (Å²) in [6.45, 7) is 7.99. The maximum atomic E-state index is 5.99. The van der Waals surface area contributed by atoms with E-state index in [2.05, 4.69) is 41.3 Å². The lowest BCUT2D eigenvalue weighted by Crippen LogP contribution is -2.46. The van der Waals surface area contributed by atoms with E-state index in [1.54, 1.807) is 0 Å². The van der Waals surface area contributed by atoms with Gasteiger partial charge in [-0.05, 0) is 33.1 Å². The van der Waals surface area contributed by atoms with Crippen molar-refractivity contribution in [1.82, 2.24) is 4.90 Å². The van der Waals surface area contributed by atoms with Gasteiger partial charge in [-0.1, -0.05) is 22.6 Å². The van der Waals surface area contributed by atoms with Crippen LogP contribution in [-0.4, -0.2) is 40.2 Å². The summed E-state index contributed by atoms with van der Waals surface area (Å²) >= 11 is 2.52. The van der Waals surface area contributed by atoms with Crippen molar-refractivity contribution in [1.29, 1.82) is 0 Å². The summed E-state index contributed by atoms with van der Waals surface area (Å²) in [5.74, 6) is 0. The molecule has 2 nitrogen and oxygen atoms in total. The van der Waals surface area contributed by atoms with Crippen LogP contribution in [0.3, 0.4) is 0 Å². The molecular weight excluding hydrogens is 289 g/mol. The Morgan fingerprint density at radius 1 is 1.36 bits per heavy atom. The number of likely N-dealkylation sites (tertiary alicyclic amines) is 1. The molecule has 1 atom stereocenters. The predicted molar refractivity (Wildman–Crippen MR) is 67.1 cm³/mol. The van der Waals surface area contributed by atoms with Crippen molar-refractivity contribution < 1.29 is 4.74 Å². The molecule has 2 aliphatic heterocycles. The van der Waals surface area contributed by atoms with Crippen LogP contribution < -0.4 is 0 Å². The van der Waals surface area contributed by atoms with Gasteiger partial charge in [0.1, 0.15) is 0 Å². The zero-order chi connectivity index (χ0) is 10.2. The summed E-state index contributed by atoms with van der Waals surface area (Å²) in [6.07, 6.45) is 3.76. The molecule has 0 N–H and O–H groups in total. The van der Waals surface area contributed by atoms with Crippen LogP contribution in [0.1, 0.15) is 33.1 Å². The van der Waals surface area contributed by atoms with Gasteiger partial charge in [0.2, 0.25) is 0 Å². The Balaban J connectivity index is 1.89. The molecule has 3 heteroatoms. The fourth-order valence-corrected chi connectivity index (χ4v) is 3.57. The third kappa shape index (κ3) is 2.25. The van der Waals surface area contributed by atoms with Crippen LogP contribution in [0.25, 0.3) is 0 Å². The fourth-order valence-electron chi connectivity index (χ4n) is 2.59. The van der Waals surface area contributed by atoms with Crippen LogP contribution in [0.15, 0.2) is 0 Å². The van der Waals surface area contributed by atoms with Crippen molar-refractivity contribution in [2.24, 2.45) is 0 Å². The molecular formula is C11H20INO. The topological polar surface area (TPSA) is 12.5 Å². The minimum absolute atomic E-state index is 0.261. The van der Waals surface area contributed by atoms with Crippen LogP contribution in [0.5, 0.6) is 0 Å². The van der Waals surface area contributed by atoms with Gasteiger partial charge in [-0.25, -0.2) is 0 Å². The van der Waals surface area contributed by atoms with Gasteiger partial charge < -0.3 is 9.64 Å². The smallest absolute Gasteiger partial charge is 0.0718 e. The van der Waals surface area contributed by atoms with Gasteiger partial charge in [0.05, 0.1) is 12.2 Å². The van der Waals surface area contributed by atoms with E-state index in [0.29, 0.717) is 6.04 Å². The summed E-state index contributed by atoms with van der Waals surface area (Å²) in [5, 5.41) is 0. The first-order valence-corrected chi connectivity index (χ1v) is 6.88. The molecule has 0 aromatic heterocycles. The number of piperidine rings is 1. The summed E-state index contributed by atoms with van der Waals surface area (Å²) in [6, 6.07) is 0.698. The van der Waals surface area contributed by atoms with E-state index in [1.165, 1.54) is 32.4 Å². The second-order valence-corrected chi connectivity index (χ2v) is 6.69. The van der Waals surface area contributed by atoms with Crippen molar-refractivity contribution in [3.05, 3.63) is 0 Å². The van der Waals surface area contributed by atoms with Crippen LogP contribution >= 0.6 is 22.6 Å². The molecule has 2 saturated heterocycles. The molecule has 1 spiro atoms. The molecule has 0 bridgehead atoms. The summed E-state index contributed by atoms with van der Waals surface area (Å²) in [7, 11) is 0. The van der Waals surface area contributed by atoms with Crippen molar-refractivity contribution >= 4 is 22.6 Å². The Morgan fingerprint density at radius 2 is 2.00 bits per heavy atom. The van der Waals surface area contributed by atoms with E-state index in [-0.39, 0.29) is 5.60 Å². The number of rotatable bonds is 1. The van der Waals surface area contributed by atoms with Crippen LogP contribution in [0, 0.1) is 0 Å². The Morgan fingerprint density at radius 3 is 2.43 bits per heavy atom. The van der Waals surface area contributed by atoms with Crippen molar-refractivity contribution in [3.8, 4) is 0 Å².